The van der Waals surface area contributed by atoms with Gasteiger partial charge in [0.25, 0.3) is 0 Å². The van der Waals surface area contributed by atoms with Gasteiger partial charge in [0.2, 0.25) is 0 Å². The zero-order valence-electron chi connectivity index (χ0n) is 12.1. The molecule has 1 saturated heterocycles. The van der Waals surface area contributed by atoms with E-state index in [0.717, 1.165) is 47.6 Å². The van der Waals surface area contributed by atoms with Gasteiger partial charge in [-0.2, -0.15) is 0 Å². The Bertz CT molecular complexity index is 674. The van der Waals surface area contributed by atoms with E-state index in [1.165, 1.54) is 0 Å². The fraction of sp³-hybridized carbons (Fsp3) is 0.438. The molecule has 2 aliphatic heterocycles. The first-order valence-electron chi connectivity index (χ1n) is 7.43. The third kappa shape index (κ3) is 2.38. The molecule has 3 heterocycles. The largest absolute Gasteiger partial charge is 0.486 e. The molecule has 1 fully saturated rings. The third-order valence-corrected chi connectivity index (χ3v) is 4.16. The van der Waals surface area contributed by atoms with Crippen molar-refractivity contribution in [3.63, 3.8) is 0 Å². The first kappa shape index (κ1) is 12.7. The van der Waals surface area contributed by atoms with Gasteiger partial charge in [0, 0.05) is 24.2 Å². The van der Waals surface area contributed by atoms with Crippen LogP contribution in [-0.4, -0.2) is 49.3 Å². The van der Waals surface area contributed by atoms with Crippen molar-refractivity contribution < 1.29 is 9.47 Å². The summed E-state index contributed by atoms with van der Waals surface area (Å²) in [5.41, 5.74) is 0. The number of nitrogens with zero attached hydrogens (tertiary/aromatic N) is 2. The highest BCUT2D eigenvalue weighted by Gasteiger charge is 2.21. The quantitative estimate of drug-likeness (QED) is 0.916. The number of anilines is 1. The molecule has 2 aliphatic rings. The normalized spacial score (nSPS) is 21.7. The van der Waals surface area contributed by atoms with E-state index in [2.05, 4.69) is 22.2 Å². The maximum atomic E-state index is 5.68. The fourth-order valence-corrected chi connectivity index (χ4v) is 3.07. The summed E-state index contributed by atoms with van der Waals surface area (Å²) in [6.07, 6.45) is 3.00. The Labute approximate surface area is 123 Å². The van der Waals surface area contributed by atoms with Crippen molar-refractivity contribution in [3.05, 3.63) is 24.4 Å². The van der Waals surface area contributed by atoms with Crippen LogP contribution >= 0.6 is 0 Å². The lowest BCUT2D eigenvalue weighted by Crippen LogP contribution is -2.24. The molecule has 1 aromatic carbocycles. The summed E-state index contributed by atoms with van der Waals surface area (Å²) >= 11 is 0. The Hall–Kier alpha value is -2.01. The average molecular weight is 285 g/mol. The van der Waals surface area contributed by atoms with Gasteiger partial charge in [-0.15, -0.1) is 0 Å². The molecular weight excluding hydrogens is 266 g/mol. The van der Waals surface area contributed by atoms with Gasteiger partial charge >= 0.3 is 0 Å². The minimum absolute atomic E-state index is 0.460. The van der Waals surface area contributed by atoms with Gasteiger partial charge in [-0.05, 0) is 43.6 Å². The highest BCUT2D eigenvalue weighted by atomic mass is 16.6. The molecular formula is C16H19N3O2. The van der Waals surface area contributed by atoms with Crippen LogP contribution in [0, 0.1) is 0 Å². The van der Waals surface area contributed by atoms with Crippen LogP contribution in [0.3, 0.4) is 0 Å². The maximum absolute atomic E-state index is 5.68. The minimum Gasteiger partial charge on any atom is -0.486 e. The van der Waals surface area contributed by atoms with Gasteiger partial charge in [0.05, 0.1) is 0 Å². The Morgan fingerprint density at radius 2 is 2.05 bits per heavy atom. The number of aromatic nitrogens is 1. The molecule has 5 heteroatoms. The molecule has 0 saturated carbocycles. The fourth-order valence-electron chi connectivity index (χ4n) is 3.07. The van der Waals surface area contributed by atoms with Crippen LogP contribution in [0.5, 0.6) is 11.5 Å². The van der Waals surface area contributed by atoms with Crippen molar-refractivity contribution in [2.24, 2.45) is 0 Å². The number of benzene rings is 1. The number of pyridine rings is 1. The van der Waals surface area contributed by atoms with Crippen LogP contribution in [0.25, 0.3) is 10.8 Å². The number of rotatable bonds is 2. The van der Waals surface area contributed by atoms with Crippen molar-refractivity contribution in [2.75, 3.05) is 38.7 Å². The second-order valence-electron chi connectivity index (χ2n) is 5.77. The summed E-state index contributed by atoms with van der Waals surface area (Å²) in [5, 5.41) is 5.79. The van der Waals surface area contributed by atoms with Crippen molar-refractivity contribution in [3.8, 4) is 11.5 Å². The molecule has 5 nitrogen and oxygen atoms in total. The highest BCUT2D eigenvalue weighted by molar-refractivity contribution is 5.94. The molecule has 1 atom stereocenters. The van der Waals surface area contributed by atoms with E-state index in [4.69, 9.17) is 9.47 Å². The number of likely N-dealkylation sites (N-methyl/N-ethyl adjacent to an activating group) is 1. The SMILES string of the molecule is CN1CCC(Nc2nccc3cc4c(cc23)OCCO4)C1. The Morgan fingerprint density at radius 1 is 1.24 bits per heavy atom. The van der Waals surface area contributed by atoms with E-state index < -0.39 is 0 Å². The van der Waals surface area contributed by atoms with Crippen LogP contribution in [-0.2, 0) is 0 Å². The maximum Gasteiger partial charge on any atom is 0.162 e. The van der Waals surface area contributed by atoms with Gasteiger partial charge < -0.3 is 19.7 Å². The third-order valence-electron chi connectivity index (χ3n) is 4.16. The predicted octanol–water partition coefficient (Wildman–Crippen LogP) is 2.12. The predicted molar refractivity (Wildman–Crippen MR) is 82.3 cm³/mol. The number of hydrogen-bond donors (Lipinski definition) is 1. The van der Waals surface area contributed by atoms with Crippen LogP contribution in [0.2, 0.25) is 0 Å². The molecule has 4 rings (SSSR count). The molecule has 0 spiro atoms. The van der Waals surface area contributed by atoms with E-state index in [-0.39, 0.29) is 0 Å². The van der Waals surface area contributed by atoms with Crippen LogP contribution < -0.4 is 14.8 Å². The van der Waals surface area contributed by atoms with Crippen LogP contribution in [0.1, 0.15) is 6.42 Å². The van der Waals surface area contributed by atoms with Crippen molar-refractivity contribution in [1.82, 2.24) is 9.88 Å². The molecule has 0 radical (unpaired) electrons. The second kappa shape index (κ2) is 5.07. The standard InChI is InChI=1S/C16H19N3O2/c1-19-5-3-12(10-19)18-16-13-9-15-14(20-6-7-21-15)8-11(13)2-4-17-16/h2,4,8-9,12H,3,5-7,10H2,1H3,(H,17,18). The number of hydrogen-bond acceptors (Lipinski definition) is 5. The number of ether oxygens (including phenoxy) is 2. The second-order valence-corrected chi connectivity index (χ2v) is 5.77. The Kier molecular flexibility index (Phi) is 3.07. The Morgan fingerprint density at radius 3 is 2.81 bits per heavy atom. The zero-order chi connectivity index (χ0) is 14.2. The van der Waals surface area contributed by atoms with E-state index >= 15 is 0 Å². The number of fused-ring (bicyclic) bond motifs is 2. The molecule has 1 unspecified atom stereocenters. The van der Waals surface area contributed by atoms with Gasteiger partial charge in [-0.25, -0.2) is 4.98 Å². The molecule has 2 aromatic rings. The van der Waals surface area contributed by atoms with E-state index in [0.29, 0.717) is 19.3 Å². The smallest absolute Gasteiger partial charge is 0.162 e. The summed E-state index contributed by atoms with van der Waals surface area (Å²) < 4.78 is 11.3. The number of nitrogens with one attached hydrogen (secondary N) is 1. The van der Waals surface area contributed by atoms with Gasteiger partial charge in [-0.3, -0.25) is 0 Å². The molecule has 0 aliphatic carbocycles. The molecule has 21 heavy (non-hydrogen) atoms. The first-order chi connectivity index (χ1) is 10.3. The summed E-state index contributed by atoms with van der Waals surface area (Å²) in [5.74, 6) is 2.57. The lowest BCUT2D eigenvalue weighted by Gasteiger charge is -2.20. The molecule has 110 valence electrons. The summed E-state index contributed by atoms with van der Waals surface area (Å²) in [6.45, 7) is 3.41. The van der Waals surface area contributed by atoms with Crippen LogP contribution in [0.15, 0.2) is 24.4 Å². The van der Waals surface area contributed by atoms with Crippen molar-refractivity contribution in [2.45, 2.75) is 12.5 Å². The van der Waals surface area contributed by atoms with E-state index in [1.54, 1.807) is 0 Å². The van der Waals surface area contributed by atoms with Crippen LogP contribution in [0.4, 0.5) is 5.82 Å². The zero-order valence-corrected chi connectivity index (χ0v) is 12.1. The van der Waals surface area contributed by atoms with Gasteiger partial charge in [0.15, 0.2) is 11.5 Å². The topological polar surface area (TPSA) is 46.6 Å². The first-order valence-corrected chi connectivity index (χ1v) is 7.43. The molecule has 0 bridgehead atoms. The molecule has 1 aromatic heterocycles. The minimum atomic E-state index is 0.460. The number of likely N-dealkylation sites (tertiary alicyclic amines) is 1. The Balaban J connectivity index is 1.71. The van der Waals surface area contributed by atoms with Crippen molar-refractivity contribution >= 4 is 16.6 Å². The lowest BCUT2D eigenvalue weighted by atomic mass is 10.1. The van der Waals surface area contributed by atoms with Crippen molar-refractivity contribution in [1.29, 1.82) is 0 Å². The monoisotopic (exact) mass is 285 g/mol. The molecule has 0 amide bonds. The summed E-state index contributed by atoms with van der Waals surface area (Å²) in [4.78, 5) is 6.85. The molecule has 1 N–H and O–H groups in total. The van der Waals surface area contributed by atoms with Gasteiger partial charge in [0.1, 0.15) is 19.0 Å². The lowest BCUT2D eigenvalue weighted by molar-refractivity contribution is 0.172. The van der Waals surface area contributed by atoms with Gasteiger partial charge in [-0.1, -0.05) is 0 Å². The summed E-state index contributed by atoms with van der Waals surface area (Å²) in [7, 11) is 2.15. The van der Waals surface area contributed by atoms with E-state index in [1.807, 2.05) is 24.4 Å². The summed E-state index contributed by atoms with van der Waals surface area (Å²) in [6, 6.07) is 6.55. The average Bonchev–Trinajstić information content (AvgIpc) is 2.91. The van der Waals surface area contributed by atoms with E-state index in [9.17, 15) is 0 Å². The highest BCUT2D eigenvalue weighted by Crippen LogP contribution is 2.36.